The van der Waals surface area contributed by atoms with Gasteiger partial charge in [0.25, 0.3) is 0 Å². The van der Waals surface area contributed by atoms with Crippen molar-refractivity contribution in [1.82, 2.24) is 0 Å². The van der Waals surface area contributed by atoms with Crippen LogP contribution in [0.5, 0.6) is 0 Å². The van der Waals surface area contributed by atoms with Crippen LogP contribution in [-0.4, -0.2) is 121 Å². The summed E-state index contributed by atoms with van der Waals surface area (Å²) in [6.07, 6.45) is 0. The Hall–Kier alpha value is 1.30. The molecule has 0 rings (SSSR count). The number of phosphoric acid groups is 5. The first-order chi connectivity index (χ1) is 20.4. The zero-order valence-electron chi connectivity index (χ0n) is 28.2. The maximum atomic E-state index is 10.7. The summed E-state index contributed by atoms with van der Waals surface area (Å²) in [4.78, 5) is 0. The van der Waals surface area contributed by atoms with Gasteiger partial charge in [-0.1, -0.05) is 0 Å². The van der Waals surface area contributed by atoms with E-state index in [0.29, 0.717) is 0 Å². The van der Waals surface area contributed by atoms with Crippen LogP contribution in [0.1, 0.15) is 0 Å². The fourth-order valence-corrected chi connectivity index (χ4v) is 3.35. The van der Waals surface area contributed by atoms with Crippen molar-refractivity contribution in [2.45, 2.75) is 0 Å². The second-order valence-electron chi connectivity index (χ2n) is 5.41. The minimum atomic E-state index is -4.19. The van der Waals surface area contributed by atoms with Crippen molar-refractivity contribution in [2.24, 2.45) is 0 Å². The fourth-order valence-electron chi connectivity index (χ4n) is 1.12. The quantitative estimate of drug-likeness (QED) is 0.157. The molecule has 0 saturated carbocycles. The average Bonchev–Trinajstić information content (AvgIpc) is 3.06. The van der Waals surface area contributed by atoms with Crippen LogP contribution in [-0.2, 0) is 110 Å². The van der Waals surface area contributed by atoms with Crippen LogP contribution in [0.25, 0.3) is 0 Å². The average molecular weight is 868 g/mol. The molecule has 0 aromatic carbocycles. The smallest absolute Gasteiger partial charge is 2.00 e. The summed E-state index contributed by atoms with van der Waals surface area (Å²) in [5.74, 6) is 0. The summed E-state index contributed by atoms with van der Waals surface area (Å²) in [6.45, 7) is 0. The molecule has 0 atom stereocenters. The van der Waals surface area contributed by atoms with Crippen molar-refractivity contribution in [2.75, 3.05) is 107 Å². The number of halogens is 1. The Labute approximate surface area is 284 Å². The summed E-state index contributed by atoms with van der Waals surface area (Å²) in [6, 6.07) is 0. The number of hydrogen-bond donors (Lipinski definition) is 3. The topological polar surface area (TPSA) is 308 Å². The maximum Gasteiger partial charge on any atom is 2.00 e. The summed E-state index contributed by atoms with van der Waals surface area (Å²) in [7, 11) is -1.14. The Bertz CT molecular complexity index is 656. The first-order valence-electron chi connectivity index (χ1n) is 10.4. The molecule has 0 saturated heterocycles. The van der Waals surface area contributed by atoms with Gasteiger partial charge in [0.05, 0.1) is 0 Å². The Morgan fingerprint density at radius 3 is 0.370 bits per heavy atom. The molecule has 46 heavy (non-hydrogen) atoms. The van der Waals surface area contributed by atoms with Crippen LogP contribution < -0.4 is 4.66 Å². The predicted molar refractivity (Wildman–Crippen MR) is 150 cm³/mol. The van der Waals surface area contributed by atoms with E-state index in [2.05, 4.69) is 67.9 Å². The molecular formula is C15H48ClO24P5Zn+2. The van der Waals surface area contributed by atoms with E-state index in [1.54, 1.807) is 0 Å². The van der Waals surface area contributed by atoms with Crippen molar-refractivity contribution < 1.29 is 139 Å². The Morgan fingerprint density at radius 2 is 0.370 bits per heavy atom. The molecule has 284 valence electrons. The van der Waals surface area contributed by atoms with Crippen molar-refractivity contribution in [3.8, 4) is 0 Å². The van der Waals surface area contributed by atoms with Crippen LogP contribution in [0.2, 0.25) is 0 Å². The Morgan fingerprint density at radius 1 is 0.326 bits per heavy atom. The van der Waals surface area contributed by atoms with Gasteiger partial charge >= 0.3 is 87.5 Å². The fraction of sp³-hybridized carbons (Fsp3) is 1.00. The molecule has 0 bridgehead atoms. The predicted octanol–water partition coefficient (Wildman–Crippen LogP) is 2.31. The van der Waals surface area contributed by atoms with Gasteiger partial charge in [0.2, 0.25) is 0 Å². The van der Waals surface area contributed by atoms with Gasteiger partial charge in [-0.15, -0.1) is 0 Å². The van der Waals surface area contributed by atoms with Crippen molar-refractivity contribution >= 4 is 39.1 Å². The number of hydrogen-bond acceptors (Lipinski definition) is 24. The van der Waals surface area contributed by atoms with E-state index in [4.69, 9.17) is 18.6 Å². The van der Waals surface area contributed by atoms with Crippen LogP contribution in [0.4, 0.5) is 0 Å². The van der Waals surface area contributed by atoms with E-state index < -0.39 is 49.4 Å². The Balaban J connectivity index is -0.0000000795. The first kappa shape index (κ1) is 62.4. The van der Waals surface area contributed by atoms with Gasteiger partial charge < -0.3 is 0 Å². The molecule has 24 nitrogen and oxygen atoms in total. The largest absolute Gasteiger partial charge is 2.00 e. The van der Waals surface area contributed by atoms with E-state index in [9.17, 15) is 22.8 Å². The van der Waals surface area contributed by atoms with Gasteiger partial charge in [-0.3, -0.25) is 67.9 Å². The molecule has 0 amide bonds. The first-order valence-corrected chi connectivity index (χ1v) is 19.1. The zero-order valence-corrected chi connectivity index (χ0v) is 36.4. The zero-order chi connectivity index (χ0) is 37.6. The minimum Gasteiger partial charge on any atom is 2.00 e. The summed E-state index contributed by atoms with van der Waals surface area (Å²) in [5, 5.41) is 0. The van der Waals surface area contributed by atoms with Crippen LogP contribution in [0.3, 0.4) is 0 Å². The van der Waals surface area contributed by atoms with Crippen LogP contribution in [0.15, 0.2) is 0 Å². The number of phosphoric ester groups is 5. The van der Waals surface area contributed by atoms with Gasteiger partial charge in [-0.05, 0) is 0 Å². The molecule has 31 heteroatoms. The summed E-state index contributed by atoms with van der Waals surface area (Å²) in [5.41, 5.74) is 0. The molecule has 0 aliphatic carbocycles. The Kier molecular flexibility index (Phi) is 47.2. The third-order valence-electron chi connectivity index (χ3n) is 3.35. The van der Waals surface area contributed by atoms with E-state index in [0.717, 1.165) is 0 Å². The molecule has 0 unspecified atom stereocenters. The van der Waals surface area contributed by atoms with Gasteiger partial charge in [0.1, 0.15) is 0 Å². The van der Waals surface area contributed by atoms with Gasteiger partial charge in [0, 0.05) is 107 Å². The standard InChI is InChI=1S/5C3H9O4P.ClH3O4.Zn/c5*1-5-8(4,6-2)7-3;2-1(3,4)5;/h5*1-3H3;2-4H;/q;;;;;;+2. The molecule has 0 aliphatic rings. The van der Waals surface area contributed by atoms with Gasteiger partial charge in [-0.2, -0.15) is 0 Å². The minimum absolute atomic E-state index is 0. The second kappa shape index (κ2) is 34.7. The van der Waals surface area contributed by atoms with Crippen molar-refractivity contribution in [3.05, 3.63) is 0 Å². The summed E-state index contributed by atoms with van der Waals surface area (Å²) < 4.78 is 149. The third-order valence-corrected chi connectivity index (χ3v) is 10.1. The second-order valence-corrected chi connectivity index (χ2v) is 16.2. The van der Waals surface area contributed by atoms with Gasteiger partial charge in [0.15, 0.2) is 0 Å². The maximum absolute atomic E-state index is 10.7. The van der Waals surface area contributed by atoms with Crippen LogP contribution >= 0.6 is 39.1 Å². The van der Waals surface area contributed by atoms with E-state index >= 15 is 0 Å². The molecule has 0 fully saturated rings. The molecular weight excluding hydrogens is 820 g/mol. The molecule has 0 aromatic heterocycles. The van der Waals surface area contributed by atoms with Gasteiger partial charge in [-0.25, -0.2) is 22.8 Å². The van der Waals surface area contributed by atoms with Crippen molar-refractivity contribution in [3.63, 3.8) is 0 Å². The molecule has 0 heterocycles. The third kappa shape index (κ3) is 41.5. The molecule has 0 aromatic rings. The van der Waals surface area contributed by atoms with Crippen LogP contribution in [0, 0.1) is 10.2 Å². The molecule has 3 N–H and O–H groups in total. The monoisotopic (exact) mass is 866 g/mol. The van der Waals surface area contributed by atoms with E-state index in [-0.39, 0.29) is 19.5 Å². The number of rotatable bonds is 15. The SMILES string of the molecule is COP(=O)(OC)OC.COP(=O)(OC)OC.COP(=O)(OC)OC.COP(=O)(OC)OC.COP(=O)(OC)OC.[O-][Cl+](O)(O)O.[Zn+2]. The molecule has 0 radical (unpaired) electrons. The molecule has 0 aliphatic heterocycles. The normalized spacial score (nSPS) is 12.0. The van der Waals surface area contributed by atoms with E-state index in [1.165, 1.54) is 107 Å². The summed E-state index contributed by atoms with van der Waals surface area (Å²) >= 11 is 0. The van der Waals surface area contributed by atoms with E-state index in [1.807, 2.05) is 0 Å². The van der Waals surface area contributed by atoms with Crippen molar-refractivity contribution in [1.29, 1.82) is 0 Å². The molecule has 0 spiro atoms.